The molecule has 1 fully saturated rings. The molecule has 24 heavy (non-hydrogen) atoms. The average Bonchev–Trinajstić information content (AvgIpc) is 2.77. The number of Topliss-reactive ketones (excluding diaryl/α,β-unsaturated/α-hetero) is 1. The van der Waals surface area contributed by atoms with E-state index in [1.54, 1.807) is 13.8 Å². The molecule has 0 aromatic heterocycles. The lowest BCUT2D eigenvalue weighted by Crippen LogP contribution is -2.33. The van der Waals surface area contributed by atoms with Crippen molar-refractivity contribution in [2.24, 2.45) is 0 Å². The van der Waals surface area contributed by atoms with Crippen molar-refractivity contribution in [3.8, 4) is 0 Å². The molecule has 1 heterocycles. The Labute approximate surface area is 141 Å². The minimum absolute atomic E-state index is 0.0539. The lowest BCUT2D eigenvalue weighted by Gasteiger charge is -2.16. The monoisotopic (exact) mass is 355 g/mol. The Morgan fingerprint density at radius 2 is 2.04 bits per heavy atom. The highest BCUT2D eigenvalue weighted by atomic mass is 32.2. The van der Waals surface area contributed by atoms with Gasteiger partial charge in [-0.25, -0.2) is 13.6 Å². The number of amides is 1. The normalized spacial score (nSPS) is 19.0. The summed E-state index contributed by atoms with van der Waals surface area (Å²) in [5, 5.41) is -0.162. The van der Waals surface area contributed by atoms with Gasteiger partial charge in [0, 0.05) is 5.56 Å². The van der Waals surface area contributed by atoms with Gasteiger partial charge in [0.2, 0.25) is 5.91 Å². The van der Waals surface area contributed by atoms with E-state index >= 15 is 0 Å². The second-order valence-corrected chi connectivity index (χ2v) is 6.33. The maximum atomic E-state index is 13.2. The molecule has 2 rings (SSSR count). The molecular formula is C16H15F2NO4S. The Kier molecular flexibility index (Phi) is 5.71. The van der Waals surface area contributed by atoms with Crippen LogP contribution in [0.2, 0.25) is 0 Å². The lowest BCUT2D eigenvalue weighted by molar-refractivity contribution is -0.137. The lowest BCUT2D eigenvalue weighted by atomic mass is 10.1. The Morgan fingerprint density at radius 1 is 1.33 bits per heavy atom. The molecule has 0 N–H and O–H groups in total. The highest BCUT2D eigenvalue weighted by molar-refractivity contribution is 8.04. The van der Waals surface area contributed by atoms with Gasteiger partial charge in [0.25, 0.3) is 0 Å². The van der Waals surface area contributed by atoms with Gasteiger partial charge in [0.05, 0.1) is 29.5 Å². The number of nitrogens with zero attached hydrogens (tertiary/aromatic N) is 1. The summed E-state index contributed by atoms with van der Waals surface area (Å²) in [6.07, 6.45) is 1.15. The molecule has 1 atom stereocenters. The molecule has 1 amide bonds. The number of ether oxygens (including phenoxy) is 1. The number of halogens is 2. The van der Waals surface area contributed by atoms with Gasteiger partial charge in [-0.2, -0.15) is 0 Å². The van der Waals surface area contributed by atoms with Crippen LogP contribution in [-0.2, 0) is 14.3 Å². The van der Waals surface area contributed by atoms with Crippen molar-refractivity contribution in [1.29, 1.82) is 0 Å². The molecule has 128 valence electrons. The zero-order chi connectivity index (χ0) is 17.9. The zero-order valence-electron chi connectivity index (χ0n) is 13.0. The highest BCUT2D eigenvalue weighted by Crippen LogP contribution is 2.34. The molecule has 0 aliphatic carbocycles. The third-order valence-electron chi connectivity index (χ3n) is 3.25. The summed E-state index contributed by atoms with van der Waals surface area (Å²) in [5.41, 5.74) is -0.0539. The molecule has 0 unspecified atom stereocenters. The second kappa shape index (κ2) is 7.57. The molecule has 0 bridgehead atoms. The average molecular weight is 355 g/mol. The third kappa shape index (κ3) is 4.00. The number of ketones is 1. The summed E-state index contributed by atoms with van der Waals surface area (Å²) in [5.74, 6) is -3.72. The molecule has 8 heteroatoms. The Bertz CT molecular complexity index is 720. The smallest absolute Gasteiger partial charge is 0.333 e. The number of benzene rings is 1. The number of esters is 1. The maximum absolute atomic E-state index is 13.2. The van der Waals surface area contributed by atoms with Gasteiger partial charge in [-0.3, -0.25) is 14.5 Å². The first-order chi connectivity index (χ1) is 11.3. The molecule has 1 aliphatic rings. The number of hydrogen-bond donors (Lipinski definition) is 0. The van der Waals surface area contributed by atoms with E-state index in [0.717, 1.165) is 40.9 Å². The summed E-state index contributed by atoms with van der Waals surface area (Å²) in [7, 11) is 0. The summed E-state index contributed by atoms with van der Waals surface area (Å²) in [4.78, 5) is 37.1. The van der Waals surface area contributed by atoms with Gasteiger partial charge in [-0.05, 0) is 32.0 Å². The number of rotatable bonds is 5. The van der Waals surface area contributed by atoms with Gasteiger partial charge in [-0.15, -0.1) is 0 Å². The van der Waals surface area contributed by atoms with Crippen LogP contribution < -0.4 is 0 Å². The minimum Gasteiger partial charge on any atom is -0.463 e. The SMILES string of the molecule is CCOC(=O)C=C1S[C@@H](C)C(=O)N1CC(=O)c1ccc(F)c(F)c1. The molecule has 0 saturated carbocycles. The first-order valence-electron chi connectivity index (χ1n) is 7.18. The van der Waals surface area contributed by atoms with Crippen LogP contribution in [0.15, 0.2) is 29.3 Å². The zero-order valence-corrected chi connectivity index (χ0v) is 13.9. The van der Waals surface area contributed by atoms with Gasteiger partial charge >= 0.3 is 5.97 Å². The minimum atomic E-state index is -1.14. The summed E-state index contributed by atoms with van der Waals surface area (Å²) < 4.78 is 31.0. The molecular weight excluding hydrogens is 340 g/mol. The van der Waals surface area contributed by atoms with Crippen molar-refractivity contribution < 1.29 is 27.9 Å². The number of carbonyl (C=O) groups is 3. The fraction of sp³-hybridized carbons (Fsp3) is 0.312. The third-order valence-corrected chi connectivity index (χ3v) is 4.38. The van der Waals surface area contributed by atoms with E-state index in [1.807, 2.05) is 0 Å². The van der Waals surface area contributed by atoms with Crippen LogP contribution in [0.5, 0.6) is 0 Å². The molecule has 1 saturated heterocycles. The van der Waals surface area contributed by atoms with E-state index in [9.17, 15) is 23.2 Å². The quantitative estimate of drug-likeness (QED) is 0.461. The molecule has 1 aromatic rings. The molecule has 1 aromatic carbocycles. The number of thioether (sulfide) groups is 1. The Balaban J connectivity index is 2.20. The van der Waals surface area contributed by atoms with Gasteiger partial charge in [0.1, 0.15) is 0 Å². The predicted octanol–water partition coefficient (Wildman–Crippen LogP) is 2.52. The van der Waals surface area contributed by atoms with Crippen molar-refractivity contribution in [3.05, 3.63) is 46.5 Å². The molecule has 0 radical (unpaired) electrons. The second-order valence-electron chi connectivity index (χ2n) is 4.97. The fourth-order valence-corrected chi connectivity index (χ4v) is 3.12. The van der Waals surface area contributed by atoms with Crippen molar-refractivity contribution in [2.75, 3.05) is 13.2 Å². The van der Waals surface area contributed by atoms with Crippen LogP contribution in [0.1, 0.15) is 24.2 Å². The number of carbonyl (C=O) groups excluding carboxylic acids is 3. The van der Waals surface area contributed by atoms with Crippen LogP contribution in [0.25, 0.3) is 0 Å². The van der Waals surface area contributed by atoms with Crippen LogP contribution in [0.3, 0.4) is 0 Å². The molecule has 1 aliphatic heterocycles. The maximum Gasteiger partial charge on any atom is 0.333 e. The van der Waals surface area contributed by atoms with Crippen LogP contribution in [0, 0.1) is 11.6 Å². The van der Waals surface area contributed by atoms with E-state index in [4.69, 9.17) is 4.74 Å². The van der Waals surface area contributed by atoms with E-state index in [1.165, 1.54) is 0 Å². The van der Waals surface area contributed by atoms with Crippen LogP contribution in [0.4, 0.5) is 8.78 Å². The van der Waals surface area contributed by atoms with E-state index in [2.05, 4.69) is 0 Å². The van der Waals surface area contributed by atoms with Crippen LogP contribution >= 0.6 is 11.8 Å². The molecule has 5 nitrogen and oxygen atoms in total. The predicted molar refractivity (Wildman–Crippen MR) is 84.2 cm³/mol. The fourth-order valence-electron chi connectivity index (χ4n) is 2.08. The van der Waals surface area contributed by atoms with Crippen molar-refractivity contribution in [3.63, 3.8) is 0 Å². The summed E-state index contributed by atoms with van der Waals surface area (Å²) in [6.45, 7) is 3.11. The van der Waals surface area contributed by atoms with Crippen LogP contribution in [-0.4, -0.2) is 41.0 Å². The Morgan fingerprint density at radius 3 is 2.67 bits per heavy atom. The topological polar surface area (TPSA) is 63.7 Å². The van der Waals surface area contributed by atoms with Crippen molar-refractivity contribution >= 4 is 29.4 Å². The number of hydrogen-bond acceptors (Lipinski definition) is 5. The van der Waals surface area contributed by atoms with Gasteiger partial charge in [0.15, 0.2) is 17.4 Å². The summed E-state index contributed by atoms with van der Waals surface area (Å²) >= 11 is 1.13. The van der Waals surface area contributed by atoms with E-state index in [-0.39, 0.29) is 24.6 Å². The van der Waals surface area contributed by atoms with Crippen molar-refractivity contribution in [1.82, 2.24) is 4.90 Å². The van der Waals surface area contributed by atoms with E-state index < -0.39 is 28.6 Å². The highest BCUT2D eigenvalue weighted by Gasteiger charge is 2.35. The van der Waals surface area contributed by atoms with Gasteiger partial charge < -0.3 is 4.74 Å². The summed E-state index contributed by atoms with van der Waals surface area (Å²) in [6, 6.07) is 2.78. The first-order valence-corrected chi connectivity index (χ1v) is 8.06. The standard InChI is InChI=1S/C16H15F2NO4S/c1-3-23-15(21)7-14-19(16(22)9(2)24-14)8-13(20)10-4-5-11(17)12(18)6-10/h4-7,9H,3,8H2,1-2H3/t9-/m0/s1. The largest absolute Gasteiger partial charge is 0.463 e. The van der Waals surface area contributed by atoms with Gasteiger partial charge in [-0.1, -0.05) is 11.8 Å². The molecule has 0 spiro atoms. The van der Waals surface area contributed by atoms with Crippen molar-refractivity contribution in [2.45, 2.75) is 19.1 Å². The Hall–Kier alpha value is -2.22. The first kappa shape index (κ1) is 18.1. The van der Waals surface area contributed by atoms with E-state index in [0.29, 0.717) is 5.03 Å².